The standard InChI is InChI=1S/C45H34N2/c1-3-34-16-11-13-23-42(34)44(4-2)46(38-19-7-5-8-20-38)40-30-26-35(27-31-40)36-28-32-41(33-29-36)47(39-21-9-6-10-22-39)45-25-15-18-37-17-12-14-24-43(37)45/h2-3,5-33H,1H3/b34-3-,44-42+. The summed E-state index contributed by atoms with van der Waals surface area (Å²) in [7, 11) is 0. The van der Waals surface area contributed by atoms with Gasteiger partial charge in [-0.05, 0) is 83.3 Å². The van der Waals surface area contributed by atoms with Gasteiger partial charge in [-0.2, -0.15) is 0 Å². The summed E-state index contributed by atoms with van der Waals surface area (Å²) in [6.45, 7) is 2.04. The third kappa shape index (κ3) is 5.91. The van der Waals surface area contributed by atoms with E-state index in [4.69, 9.17) is 6.42 Å². The molecule has 2 heteroatoms. The van der Waals surface area contributed by atoms with E-state index in [2.05, 4.69) is 167 Å². The second-order valence-corrected chi connectivity index (χ2v) is 11.3. The van der Waals surface area contributed by atoms with E-state index in [-0.39, 0.29) is 0 Å². The summed E-state index contributed by atoms with van der Waals surface area (Å²) in [6, 6.07) is 61.6. The quantitative estimate of drug-likeness (QED) is 0.168. The van der Waals surface area contributed by atoms with Gasteiger partial charge in [-0.3, -0.25) is 0 Å². The summed E-state index contributed by atoms with van der Waals surface area (Å²) in [4.78, 5) is 4.49. The number of terminal acetylenes is 1. The molecule has 0 N–H and O–H groups in total. The van der Waals surface area contributed by atoms with E-state index in [0.29, 0.717) is 0 Å². The summed E-state index contributed by atoms with van der Waals surface area (Å²) in [5, 5.41) is 4.55. The Morgan fingerprint density at radius 1 is 0.511 bits per heavy atom. The molecule has 224 valence electrons. The van der Waals surface area contributed by atoms with Crippen molar-refractivity contribution in [1.29, 1.82) is 0 Å². The molecule has 7 aromatic carbocycles. The molecule has 0 atom stereocenters. The minimum atomic E-state index is 0.802. The van der Waals surface area contributed by atoms with Crippen LogP contribution >= 0.6 is 0 Å². The molecule has 0 heterocycles. The molecule has 0 spiro atoms. The number of hydrogen-bond donors (Lipinski definition) is 0. The molecule has 0 aliphatic rings. The number of fused-ring (bicyclic) bond motifs is 1. The number of rotatable bonds is 7. The van der Waals surface area contributed by atoms with E-state index >= 15 is 0 Å². The summed E-state index contributed by atoms with van der Waals surface area (Å²) in [5.41, 5.74) is 8.46. The minimum Gasteiger partial charge on any atom is -0.310 e. The van der Waals surface area contributed by atoms with Crippen LogP contribution in [0.5, 0.6) is 0 Å². The van der Waals surface area contributed by atoms with Gasteiger partial charge in [-0.1, -0.05) is 133 Å². The van der Waals surface area contributed by atoms with Crippen molar-refractivity contribution in [1.82, 2.24) is 0 Å². The van der Waals surface area contributed by atoms with Gasteiger partial charge in [-0.25, -0.2) is 0 Å². The Kier molecular flexibility index (Phi) is 8.36. The van der Waals surface area contributed by atoms with Crippen molar-refractivity contribution in [3.8, 4) is 23.5 Å². The van der Waals surface area contributed by atoms with E-state index in [1.807, 2.05) is 37.3 Å². The van der Waals surface area contributed by atoms with Crippen LogP contribution in [0, 0.1) is 12.3 Å². The molecule has 0 aromatic heterocycles. The topological polar surface area (TPSA) is 6.48 Å². The SMILES string of the molecule is C#C/C(=c1/cccc/c1=C/C)N(c1ccccc1)c1ccc(-c2ccc(N(c3ccccc3)c3cccc4ccccc34)cc2)cc1. The third-order valence-corrected chi connectivity index (χ3v) is 8.51. The Morgan fingerprint density at radius 3 is 1.68 bits per heavy atom. The first-order valence-corrected chi connectivity index (χ1v) is 15.9. The molecule has 7 rings (SSSR count). The predicted molar refractivity (Wildman–Crippen MR) is 201 cm³/mol. The van der Waals surface area contributed by atoms with Crippen LogP contribution in [0.15, 0.2) is 176 Å². The van der Waals surface area contributed by atoms with Crippen LogP contribution in [0.3, 0.4) is 0 Å². The van der Waals surface area contributed by atoms with Crippen molar-refractivity contribution < 1.29 is 0 Å². The first kappa shape index (κ1) is 29.4. The van der Waals surface area contributed by atoms with Crippen LogP contribution in [0.2, 0.25) is 0 Å². The van der Waals surface area contributed by atoms with Gasteiger partial charge in [0.15, 0.2) is 0 Å². The zero-order valence-electron chi connectivity index (χ0n) is 26.3. The molecular formula is C45H34N2. The molecule has 0 aliphatic heterocycles. The lowest BCUT2D eigenvalue weighted by molar-refractivity contribution is 1.29. The molecule has 0 radical (unpaired) electrons. The molecule has 0 unspecified atom stereocenters. The second kappa shape index (κ2) is 13.4. The van der Waals surface area contributed by atoms with Crippen molar-refractivity contribution in [3.63, 3.8) is 0 Å². The molecular weight excluding hydrogens is 569 g/mol. The van der Waals surface area contributed by atoms with Gasteiger partial charge < -0.3 is 9.80 Å². The first-order valence-electron chi connectivity index (χ1n) is 15.9. The Bertz CT molecular complexity index is 2290. The van der Waals surface area contributed by atoms with Crippen molar-refractivity contribution in [2.45, 2.75) is 6.92 Å². The Morgan fingerprint density at radius 2 is 1.02 bits per heavy atom. The average molecular weight is 603 g/mol. The Labute approximate surface area is 276 Å². The smallest absolute Gasteiger partial charge is 0.105 e. The van der Waals surface area contributed by atoms with Crippen molar-refractivity contribution in [3.05, 3.63) is 186 Å². The molecule has 0 aliphatic carbocycles. The second-order valence-electron chi connectivity index (χ2n) is 11.3. The Hall–Kier alpha value is -6.30. The van der Waals surface area contributed by atoms with E-state index in [9.17, 15) is 0 Å². The van der Waals surface area contributed by atoms with Gasteiger partial charge in [0.1, 0.15) is 5.70 Å². The zero-order chi connectivity index (χ0) is 32.0. The summed E-state index contributed by atoms with van der Waals surface area (Å²) < 4.78 is 0. The number of hydrogen-bond acceptors (Lipinski definition) is 2. The van der Waals surface area contributed by atoms with E-state index in [0.717, 1.165) is 55.7 Å². The predicted octanol–water partition coefficient (Wildman–Crippen LogP) is 10.4. The fraction of sp³-hybridized carbons (Fsp3) is 0.0222. The number of benzene rings is 7. The van der Waals surface area contributed by atoms with Crippen LogP contribution in [0.1, 0.15) is 6.92 Å². The summed E-state index contributed by atoms with van der Waals surface area (Å²) in [5.74, 6) is 3.01. The number of nitrogens with zero attached hydrogens (tertiary/aromatic N) is 2. The largest absolute Gasteiger partial charge is 0.310 e. The average Bonchev–Trinajstić information content (AvgIpc) is 3.15. The zero-order valence-corrected chi connectivity index (χ0v) is 26.3. The Balaban J connectivity index is 1.27. The van der Waals surface area contributed by atoms with Crippen LogP contribution in [0.4, 0.5) is 28.4 Å². The molecule has 0 saturated carbocycles. The van der Waals surface area contributed by atoms with Gasteiger partial charge in [0, 0.05) is 33.4 Å². The third-order valence-electron chi connectivity index (χ3n) is 8.51. The molecule has 0 fully saturated rings. The molecule has 47 heavy (non-hydrogen) atoms. The molecule has 0 bridgehead atoms. The fourth-order valence-electron chi connectivity index (χ4n) is 6.22. The first-order chi connectivity index (χ1) is 23.2. The van der Waals surface area contributed by atoms with Gasteiger partial charge >= 0.3 is 0 Å². The lowest BCUT2D eigenvalue weighted by Crippen LogP contribution is -2.32. The van der Waals surface area contributed by atoms with Gasteiger partial charge in [0.05, 0.1) is 5.69 Å². The van der Waals surface area contributed by atoms with Crippen LogP contribution in [0.25, 0.3) is 33.7 Å². The summed E-state index contributed by atoms with van der Waals surface area (Å²) in [6.07, 6.45) is 8.33. The van der Waals surface area contributed by atoms with Gasteiger partial charge in [0.25, 0.3) is 0 Å². The van der Waals surface area contributed by atoms with E-state index in [1.54, 1.807) is 0 Å². The maximum atomic E-state index is 6.23. The van der Waals surface area contributed by atoms with Crippen molar-refractivity contribution in [2.24, 2.45) is 0 Å². The van der Waals surface area contributed by atoms with E-state index in [1.165, 1.54) is 10.8 Å². The number of anilines is 5. The van der Waals surface area contributed by atoms with Gasteiger partial charge in [-0.15, -0.1) is 6.42 Å². The van der Waals surface area contributed by atoms with Gasteiger partial charge in [0.2, 0.25) is 0 Å². The lowest BCUT2D eigenvalue weighted by Gasteiger charge is -2.27. The molecule has 0 amide bonds. The summed E-state index contributed by atoms with van der Waals surface area (Å²) >= 11 is 0. The monoisotopic (exact) mass is 602 g/mol. The maximum Gasteiger partial charge on any atom is 0.105 e. The lowest BCUT2D eigenvalue weighted by atomic mass is 10.0. The minimum absolute atomic E-state index is 0.802. The van der Waals surface area contributed by atoms with Crippen LogP contribution in [-0.2, 0) is 0 Å². The highest BCUT2D eigenvalue weighted by Gasteiger charge is 2.17. The molecule has 7 aromatic rings. The highest BCUT2D eigenvalue weighted by molar-refractivity contribution is 5.99. The highest BCUT2D eigenvalue weighted by Crippen LogP contribution is 2.39. The van der Waals surface area contributed by atoms with E-state index < -0.39 is 0 Å². The van der Waals surface area contributed by atoms with Crippen LogP contribution in [-0.4, -0.2) is 0 Å². The highest BCUT2D eigenvalue weighted by atomic mass is 15.1. The normalized spacial score (nSPS) is 12.0. The molecule has 2 nitrogen and oxygen atoms in total. The molecule has 0 saturated heterocycles. The number of para-hydroxylation sites is 2. The maximum absolute atomic E-state index is 6.23. The van der Waals surface area contributed by atoms with Crippen molar-refractivity contribution in [2.75, 3.05) is 9.80 Å². The van der Waals surface area contributed by atoms with Crippen LogP contribution < -0.4 is 20.2 Å². The van der Waals surface area contributed by atoms with Crippen molar-refractivity contribution >= 4 is 51.0 Å². The fourth-order valence-corrected chi connectivity index (χ4v) is 6.22.